The van der Waals surface area contributed by atoms with Gasteiger partial charge in [0.25, 0.3) is 0 Å². The topological polar surface area (TPSA) is 83.3 Å². The van der Waals surface area contributed by atoms with E-state index in [0.717, 1.165) is 0 Å². The molecule has 0 aliphatic heterocycles. The summed E-state index contributed by atoms with van der Waals surface area (Å²) in [5.41, 5.74) is -0.0895. The van der Waals surface area contributed by atoms with Gasteiger partial charge in [-0.25, -0.2) is 13.4 Å². The molecule has 1 aromatic heterocycles. The Kier molecular flexibility index (Phi) is 5.22. The first-order valence-electron chi connectivity index (χ1n) is 5.42. The van der Waals surface area contributed by atoms with Crippen molar-refractivity contribution in [3.8, 4) is 6.07 Å². The standard InChI is InChI=1S/C11H15N3O3S/c1-3-14(7-8-17-2)18(15,16)11-5-4-6-13-10(11)9-12/h4-6H,3,7-8H2,1-2H3. The molecular formula is C11H15N3O3S. The molecule has 0 aliphatic rings. The minimum absolute atomic E-state index is 0.0644. The molecule has 0 saturated heterocycles. The average Bonchev–Trinajstić information content (AvgIpc) is 2.39. The zero-order valence-electron chi connectivity index (χ0n) is 10.3. The van der Waals surface area contributed by atoms with Crippen molar-refractivity contribution in [1.29, 1.82) is 5.26 Å². The number of nitrogens with zero attached hydrogens (tertiary/aromatic N) is 3. The third-order valence-corrected chi connectivity index (χ3v) is 4.40. The highest BCUT2D eigenvalue weighted by Crippen LogP contribution is 2.17. The summed E-state index contributed by atoms with van der Waals surface area (Å²) in [5, 5.41) is 8.89. The number of hydrogen-bond donors (Lipinski definition) is 0. The highest BCUT2D eigenvalue weighted by Gasteiger charge is 2.26. The van der Waals surface area contributed by atoms with Crippen molar-refractivity contribution >= 4 is 10.0 Å². The zero-order chi connectivity index (χ0) is 13.6. The van der Waals surface area contributed by atoms with Gasteiger partial charge >= 0.3 is 0 Å². The van der Waals surface area contributed by atoms with Gasteiger partial charge in [-0.1, -0.05) is 6.92 Å². The van der Waals surface area contributed by atoms with Crippen LogP contribution in [0.25, 0.3) is 0 Å². The SMILES string of the molecule is CCN(CCOC)S(=O)(=O)c1cccnc1C#N. The van der Waals surface area contributed by atoms with Gasteiger partial charge in [-0.15, -0.1) is 0 Å². The van der Waals surface area contributed by atoms with Gasteiger partial charge in [0, 0.05) is 26.4 Å². The maximum Gasteiger partial charge on any atom is 0.246 e. The normalized spacial score (nSPS) is 11.4. The zero-order valence-corrected chi connectivity index (χ0v) is 11.1. The Labute approximate surface area is 107 Å². The van der Waals surface area contributed by atoms with Gasteiger partial charge in [-0.05, 0) is 12.1 Å². The van der Waals surface area contributed by atoms with Crippen LogP contribution in [0.3, 0.4) is 0 Å². The number of pyridine rings is 1. The predicted octanol–water partition coefficient (Wildman–Crippen LogP) is 0.610. The number of methoxy groups -OCH3 is 1. The molecule has 0 bridgehead atoms. The Hall–Kier alpha value is -1.49. The van der Waals surface area contributed by atoms with Gasteiger partial charge in [0.15, 0.2) is 5.69 Å². The van der Waals surface area contributed by atoms with Gasteiger partial charge in [0.1, 0.15) is 11.0 Å². The molecule has 0 spiro atoms. The number of rotatable bonds is 6. The van der Waals surface area contributed by atoms with E-state index < -0.39 is 10.0 Å². The monoisotopic (exact) mass is 269 g/mol. The molecule has 0 unspecified atom stereocenters. The van der Waals surface area contributed by atoms with Gasteiger partial charge < -0.3 is 4.74 Å². The molecule has 0 atom stereocenters. The van der Waals surface area contributed by atoms with Gasteiger partial charge in [-0.3, -0.25) is 0 Å². The minimum Gasteiger partial charge on any atom is -0.383 e. The van der Waals surface area contributed by atoms with Gasteiger partial charge in [0.05, 0.1) is 6.61 Å². The Morgan fingerprint density at radius 1 is 1.56 bits per heavy atom. The van der Waals surface area contributed by atoms with E-state index >= 15 is 0 Å². The molecule has 18 heavy (non-hydrogen) atoms. The summed E-state index contributed by atoms with van der Waals surface area (Å²) in [6, 6.07) is 4.67. The molecule has 0 fully saturated rings. The Bertz CT molecular complexity index is 537. The van der Waals surface area contributed by atoms with E-state index in [1.54, 1.807) is 13.0 Å². The van der Waals surface area contributed by atoms with Crippen molar-refractivity contribution in [2.24, 2.45) is 0 Å². The molecule has 98 valence electrons. The first-order chi connectivity index (χ1) is 8.57. The second kappa shape index (κ2) is 6.44. The summed E-state index contributed by atoms with van der Waals surface area (Å²) in [7, 11) is -2.19. The molecule has 0 aliphatic carbocycles. The van der Waals surface area contributed by atoms with Crippen LogP contribution >= 0.6 is 0 Å². The molecule has 0 aromatic carbocycles. The van der Waals surface area contributed by atoms with Crippen molar-refractivity contribution in [3.63, 3.8) is 0 Å². The molecule has 6 nitrogen and oxygen atoms in total. The smallest absolute Gasteiger partial charge is 0.246 e. The summed E-state index contributed by atoms with van der Waals surface area (Å²) in [6.45, 7) is 2.59. The van der Waals surface area contributed by atoms with E-state index in [9.17, 15) is 8.42 Å². The Morgan fingerprint density at radius 2 is 2.28 bits per heavy atom. The van der Waals surface area contributed by atoms with Crippen molar-refractivity contribution in [3.05, 3.63) is 24.0 Å². The Morgan fingerprint density at radius 3 is 2.83 bits per heavy atom. The predicted molar refractivity (Wildman–Crippen MR) is 65.3 cm³/mol. The van der Waals surface area contributed by atoms with Crippen LogP contribution in [0.1, 0.15) is 12.6 Å². The highest BCUT2D eigenvalue weighted by molar-refractivity contribution is 7.89. The number of hydrogen-bond acceptors (Lipinski definition) is 5. The van der Waals surface area contributed by atoms with Crippen LogP contribution in [-0.4, -0.2) is 44.5 Å². The third-order valence-electron chi connectivity index (χ3n) is 2.39. The molecule has 0 radical (unpaired) electrons. The quantitative estimate of drug-likeness (QED) is 0.755. The van der Waals surface area contributed by atoms with Crippen LogP contribution in [0.15, 0.2) is 23.2 Å². The van der Waals surface area contributed by atoms with Crippen LogP contribution in [0, 0.1) is 11.3 Å². The lowest BCUT2D eigenvalue weighted by atomic mass is 10.4. The van der Waals surface area contributed by atoms with E-state index in [1.165, 1.54) is 29.7 Å². The van der Waals surface area contributed by atoms with Gasteiger partial charge in [-0.2, -0.15) is 9.57 Å². The highest BCUT2D eigenvalue weighted by atomic mass is 32.2. The maximum atomic E-state index is 12.3. The lowest BCUT2D eigenvalue weighted by Gasteiger charge is -2.20. The van der Waals surface area contributed by atoms with Crippen LogP contribution in [0.4, 0.5) is 0 Å². The van der Waals surface area contributed by atoms with Crippen LogP contribution in [0.5, 0.6) is 0 Å². The lowest BCUT2D eigenvalue weighted by molar-refractivity contribution is 0.180. The van der Waals surface area contributed by atoms with Crippen molar-refractivity contribution in [2.45, 2.75) is 11.8 Å². The van der Waals surface area contributed by atoms with Crippen LogP contribution in [0.2, 0.25) is 0 Å². The average molecular weight is 269 g/mol. The maximum absolute atomic E-state index is 12.3. The second-order valence-corrected chi connectivity index (χ2v) is 5.36. The summed E-state index contributed by atoms with van der Waals surface area (Å²) in [5.74, 6) is 0. The Balaban J connectivity index is 3.15. The molecule has 1 heterocycles. The van der Waals surface area contributed by atoms with E-state index in [4.69, 9.17) is 10.00 Å². The fraction of sp³-hybridized carbons (Fsp3) is 0.455. The second-order valence-electron chi connectivity index (χ2n) is 3.45. The first-order valence-corrected chi connectivity index (χ1v) is 6.86. The van der Waals surface area contributed by atoms with Crippen molar-refractivity contribution < 1.29 is 13.2 Å². The fourth-order valence-corrected chi connectivity index (χ4v) is 2.99. The van der Waals surface area contributed by atoms with E-state index in [0.29, 0.717) is 13.2 Å². The number of likely N-dealkylation sites (N-methyl/N-ethyl adjacent to an activating group) is 1. The first kappa shape index (κ1) is 14.6. The number of nitriles is 1. The molecular weight excluding hydrogens is 254 g/mol. The van der Waals surface area contributed by atoms with Crippen LogP contribution in [-0.2, 0) is 14.8 Å². The minimum atomic E-state index is -3.70. The number of ether oxygens (including phenoxy) is 1. The third kappa shape index (κ3) is 3.04. The largest absolute Gasteiger partial charge is 0.383 e. The molecule has 0 amide bonds. The number of aromatic nitrogens is 1. The fourth-order valence-electron chi connectivity index (χ4n) is 1.46. The van der Waals surface area contributed by atoms with Gasteiger partial charge in [0.2, 0.25) is 10.0 Å². The molecule has 7 heteroatoms. The summed E-state index contributed by atoms with van der Waals surface area (Å²) >= 11 is 0. The summed E-state index contributed by atoms with van der Waals surface area (Å²) in [4.78, 5) is 3.70. The van der Waals surface area contributed by atoms with Crippen molar-refractivity contribution in [2.75, 3.05) is 26.8 Å². The van der Waals surface area contributed by atoms with Crippen molar-refractivity contribution in [1.82, 2.24) is 9.29 Å². The summed E-state index contributed by atoms with van der Waals surface area (Å²) < 4.78 is 30.8. The molecule has 1 aromatic rings. The van der Waals surface area contributed by atoms with E-state index in [-0.39, 0.29) is 17.1 Å². The van der Waals surface area contributed by atoms with Crippen LogP contribution < -0.4 is 0 Å². The van der Waals surface area contributed by atoms with E-state index in [1.807, 2.05) is 0 Å². The summed E-state index contributed by atoms with van der Waals surface area (Å²) in [6.07, 6.45) is 1.39. The molecule has 0 N–H and O–H groups in total. The van der Waals surface area contributed by atoms with E-state index in [2.05, 4.69) is 4.98 Å². The molecule has 1 rings (SSSR count). The molecule has 0 saturated carbocycles. The lowest BCUT2D eigenvalue weighted by Crippen LogP contribution is -2.34. The number of sulfonamides is 1.